The summed E-state index contributed by atoms with van der Waals surface area (Å²) in [6.07, 6.45) is 0.149. The number of carbonyl (C=O) groups excluding carboxylic acids is 1. The lowest BCUT2D eigenvalue weighted by Crippen LogP contribution is -2.45. The second kappa shape index (κ2) is 5.58. The van der Waals surface area contributed by atoms with E-state index in [0.717, 1.165) is 5.69 Å². The predicted molar refractivity (Wildman–Crippen MR) is 75.3 cm³/mol. The number of hydrogen-bond acceptors (Lipinski definition) is 5. The van der Waals surface area contributed by atoms with E-state index in [4.69, 9.17) is 4.74 Å². The van der Waals surface area contributed by atoms with Gasteiger partial charge in [-0.15, -0.1) is 0 Å². The molecule has 1 aromatic carbocycles. The van der Waals surface area contributed by atoms with Crippen LogP contribution in [-0.4, -0.2) is 36.0 Å². The number of anilines is 1. The van der Waals surface area contributed by atoms with Crippen molar-refractivity contribution in [2.45, 2.75) is 33.0 Å². The van der Waals surface area contributed by atoms with Crippen molar-refractivity contribution in [2.24, 2.45) is 0 Å². The van der Waals surface area contributed by atoms with E-state index in [1.807, 2.05) is 13.8 Å². The lowest BCUT2D eigenvalue weighted by molar-refractivity contribution is -0.385. The summed E-state index contributed by atoms with van der Waals surface area (Å²) in [6, 6.07) is 4.76. The maximum atomic E-state index is 11.4. The zero-order valence-electron chi connectivity index (χ0n) is 11.8. The first-order valence-electron chi connectivity index (χ1n) is 6.58. The van der Waals surface area contributed by atoms with Crippen molar-refractivity contribution in [2.75, 3.05) is 18.0 Å². The fourth-order valence-corrected chi connectivity index (χ4v) is 2.55. The number of rotatable bonds is 3. The molecule has 0 bridgehead atoms. The van der Waals surface area contributed by atoms with Crippen LogP contribution in [-0.2, 0) is 4.74 Å². The molecule has 6 heteroatoms. The van der Waals surface area contributed by atoms with Crippen molar-refractivity contribution in [3.63, 3.8) is 0 Å². The number of hydrogen-bond donors (Lipinski definition) is 0. The minimum atomic E-state index is -0.506. The molecule has 6 nitrogen and oxygen atoms in total. The molecule has 1 heterocycles. The zero-order chi connectivity index (χ0) is 14.9. The first-order valence-corrected chi connectivity index (χ1v) is 6.58. The van der Waals surface area contributed by atoms with Gasteiger partial charge in [0, 0.05) is 24.8 Å². The van der Waals surface area contributed by atoms with Crippen molar-refractivity contribution in [3.05, 3.63) is 33.9 Å². The van der Waals surface area contributed by atoms with Gasteiger partial charge in [-0.1, -0.05) is 0 Å². The van der Waals surface area contributed by atoms with E-state index < -0.39 is 4.92 Å². The number of nitrogens with zero attached hydrogens (tertiary/aromatic N) is 2. The second-order valence-electron chi connectivity index (χ2n) is 5.18. The number of nitro groups is 1. The Bertz CT molecular complexity index is 534. The van der Waals surface area contributed by atoms with Crippen LogP contribution in [0.2, 0.25) is 0 Å². The van der Waals surface area contributed by atoms with Gasteiger partial charge in [-0.2, -0.15) is 0 Å². The molecule has 2 atom stereocenters. The van der Waals surface area contributed by atoms with Crippen LogP contribution in [0, 0.1) is 10.1 Å². The molecule has 0 aliphatic carbocycles. The highest BCUT2D eigenvalue weighted by Gasteiger charge is 2.25. The van der Waals surface area contributed by atoms with Crippen molar-refractivity contribution in [3.8, 4) is 0 Å². The summed E-state index contributed by atoms with van der Waals surface area (Å²) >= 11 is 0. The Kier molecular flexibility index (Phi) is 4.04. The van der Waals surface area contributed by atoms with Crippen LogP contribution in [0.4, 0.5) is 11.4 Å². The van der Waals surface area contributed by atoms with Gasteiger partial charge in [0.1, 0.15) is 0 Å². The van der Waals surface area contributed by atoms with Gasteiger partial charge < -0.3 is 9.64 Å². The largest absolute Gasteiger partial charge is 0.372 e. The standard InChI is InChI=1S/C14H18N2O4/c1-9-7-15(8-10(2)20-9)12-4-5-13(11(3)17)14(6-12)16(18)19/h4-6,9-10H,7-8H2,1-3H3. The Morgan fingerprint density at radius 1 is 1.35 bits per heavy atom. The summed E-state index contributed by atoms with van der Waals surface area (Å²) in [5.74, 6) is -0.299. The van der Waals surface area contributed by atoms with Gasteiger partial charge in [0.2, 0.25) is 0 Å². The third-order valence-corrected chi connectivity index (χ3v) is 3.34. The smallest absolute Gasteiger partial charge is 0.282 e. The predicted octanol–water partition coefficient (Wildman–Crippen LogP) is 2.41. The molecular formula is C14H18N2O4. The SMILES string of the molecule is CC(=O)c1ccc(N2CC(C)OC(C)C2)cc1[N+](=O)[O-]. The number of nitro benzene ring substituents is 1. The summed E-state index contributed by atoms with van der Waals surface area (Å²) in [5, 5.41) is 11.1. The topological polar surface area (TPSA) is 72.7 Å². The van der Waals surface area contributed by atoms with Crippen LogP contribution >= 0.6 is 0 Å². The van der Waals surface area contributed by atoms with Crippen molar-refractivity contribution < 1.29 is 14.5 Å². The van der Waals surface area contributed by atoms with Crippen molar-refractivity contribution in [1.29, 1.82) is 0 Å². The van der Waals surface area contributed by atoms with Crippen LogP contribution < -0.4 is 4.90 Å². The van der Waals surface area contributed by atoms with Crippen LogP contribution in [0.15, 0.2) is 18.2 Å². The Labute approximate surface area is 117 Å². The lowest BCUT2D eigenvalue weighted by atomic mass is 10.1. The Morgan fingerprint density at radius 3 is 2.45 bits per heavy atom. The van der Waals surface area contributed by atoms with Gasteiger partial charge in [0.05, 0.1) is 22.7 Å². The third kappa shape index (κ3) is 2.96. The van der Waals surface area contributed by atoms with E-state index in [9.17, 15) is 14.9 Å². The number of ether oxygens (including phenoxy) is 1. The van der Waals surface area contributed by atoms with E-state index in [2.05, 4.69) is 4.90 Å². The number of Topliss-reactive ketones (excluding diaryl/α,β-unsaturated/α-hetero) is 1. The molecule has 1 aromatic rings. The number of benzene rings is 1. The molecule has 0 aromatic heterocycles. The number of carbonyl (C=O) groups is 1. The van der Waals surface area contributed by atoms with Gasteiger partial charge in [0.25, 0.3) is 5.69 Å². The average Bonchev–Trinajstić information content (AvgIpc) is 2.36. The van der Waals surface area contributed by atoms with Crippen molar-refractivity contribution >= 4 is 17.2 Å². The summed E-state index contributed by atoms with van der Waals surface area (Å²) in [5.41, 5.74) is 0.763. The number of morpholine rings is 1. The molecule has 1 aliphatic heterocycles. The van der Waals surface area contributed by atoms with E-state index >= 15 is 0 Å². The fourth-order valence-electron chi connectivity index (χ4n) is 2.55. The second-order valence-corrected chi connectivity index (χ2v) is 5.18. The van der Waals surface area contributed by atoms with Crippen molar-refractivity contribution in [1.82, 2.24) is 0 Å². The maximum absolute atomic E-state index is 11.4. The van der Waals surface area contributed by atoms with E-state index in [-0.39, 0.29) is 29.2 Å². The monoisotopic (exact) mass is 278 g/mol. The lowest BCUT2D eigenvalue weighted by Gasteiger charge is -2.36. The zero-order valence-corrected chi connectivity index (χ0v) is 11.8. The number of ketones is 1. The molecule has 1 aliphatic rings. The minimum Gasteiger partial charge on any atom is -0.372 e. The molecule has 108 valence electrons. The molecule has 2 unspecified atom stereocenters. The van der Waals surface area contributed by atoms with Gasteiger partial charge >= 0.3 is 0 Å². The van der Waals surface area contributed by atoms with Crippen LogP contribution in [0.1, 0.15) is 31.1 Å². The summed E-state index contributed by atoms with van der Waals surface area (Å²) in [4.78, 5) is 24.1. The van der Waals surface area contributed by atoms with Gasteiger partial charge in [-0.3, -0.25) is 14.9 Å². The minimum absolute atomic E-state index is 0.0743. The first-order chi connectivity index (χ1) is 9.38. The highest BCUT2D eigenvalue weighted by atomic mass is 16.6. The molecule has 2 rings (SSSR count). The third-order valence-electron chi connectivity index (χ3n) is 3.34. The first kappa shape index (κ1) is 14.5. The average molecular weight is 278 g/mol. The van der Waals surface area contributed by atoms with E-state index in [1.54, 1.807) is 6.07 Å². The van der Waals surface area contributed by atoms with Gasteiger partial charge in [-0.25, -0.2) is 0 Å². The highest BCUT2D eigenvalue weighted by Crippen LogP contribution is 2.28. The van der Waals surface area contributed by atoms with E-state index in [1.165, 1.54) is 19.1 Å². The molecule has 0 saturated carbocycles. The molecular weight excluding hydrogens is 260 g/mol. The molecule has 0 amide bonds. The normalized spacial score (nSPS) is 22.6. The Balaban J connectivity index is 2.36. The van der Waals surface area contributed by atoms with Crippen LogP contribution in [0.25, 0.3) is 0 Å². The Hall–Kier alpha value is -1.95. The van der Waals surface area contributed by atoms with E-state index in [0.29, 0.717) is 13.1 Å². The molecule has 1 fully saturated rings. The molecule has 20 heavy (non-hydrogen) atoms. The van der Waals surface area contributed by atoms with Crippen LogP contribution in [0.3, 0.4) is 0 Å². The Morgan fingerprint density at radius 2 is 1.95 bits per heavy atom. The fraction of sp³-hybridized carbons (Fsp3) is 0.500. The molecule has 0 N–H and O–H groups in total. The van der Waals surface area contributed by atoms with Gasteiger partial charge in [0.15, 0.2) is 5.78 Å². The molecule has 0 spiro atoms. The van der Waals surface area contributed by atoms with Gasteiger partial charge in [-0.05, 0) is 32.9 Å². The maximum Gasteiger partial charge on any atom is 0.282 e. The van der Waals surface area contributed by atoms with Crippen LogP contribution in [0.5, 0.6) is 0 Å². The molecule has 1 saturated heterocycles. The summed E-state index contributed by atoms with van der Waals surface area (Å²) in [7, 11) is 0. The summed E-state index contributed by atoms with van der Waals surface area (Å²) < 4.78 is 5.65. The highest BCUT2D eigenvalue weighted by molar-refractivity contribution is 5.98. The summed E-state index contributed by atoms with van der Waals surface area (Å²) in [6.45, 7) is 6.64. The quantitative estimate of drug-likeness (QED) is 0.482. The molecule has 0 radical (unpaired) electrons.